The number of nitriles is 1. The molecule has 0 aliphatic heterocycles. The van der Waals surface area contributed by atoms with Crippen molar-refractivity contribution in [1.82, 2.24) is 0 Å². The van der Waals surface area contributed by atoms with Crippen LogP contribution in [0.5, 0.6) is 0 Å². The number of rotatable bonds is 3. The van der Waals surface area contributed by atoms with Gasteiger partial charge in [0.05, 0.1) is 18.1 Å². The lowest BCUT2D eigenvalue weighted by Gasteiger charge is -2.05. The molecule has 0 spiro atoms. The van der Waals surface area contributed by atoms with Gasteiger partial charge in [0.1, 0.15) is 0 Å². The molecule has 14 heavy (non-hydrogen) atoms. The normalized spacial score (nSPS) is 14.9. The van der Waals surface area contributed by atoms with E-state index in [-0.39, 0.29) is 5.92 Å². The summed E-state index contributed by atoms with van der Waals surface area (Å²) >= 11 is 0. The predicted octanol–water partition coefficient (Wildman–Crippen LogP) is 2.22. The lowest BCUT2D eigenvalue weighted by Crippen LogP contribution is -2.12. The molecule has 0 heterocycles. The van der Waals surface area contributed by atoms with Crippen LogP contribution in [0.25, 0.3) is 6.08 Å². The molecule has 0 aliphatic rings. The molecule has 0 fully saturated rings. The van der Waals surface area contributed by atoms with Gasteiger partial charge in [0.25, 0.3) is 0 Å². The molecule has 0 saturated carbocycles. The molecule has 0 saturated heterocycles. The van der Waals surface area contributed by atoms with Gasteiger partial charge < -0.3 is 5.11 Å². The fraction of sp³-hybridized carbons (Fsp3) is 0.250. The minimum atomic E-state index is -0.694. The van der Waals surface area contributed by atoms with Crippen molar-refractivity contribution in [2.45, 2.75) is 13.0 Å². The SMILES string of the molecule is C[C@@H](C#N)[C@@H](O)/C=C/c1ccccc1. The van der Waals surface area contributed by atoms with Crippen LogP contribution in [-0.4, -0.2) is 11.2 Å². The van der Waals surface area contributed by atoms with Crippen molar-refractivity contribution in [2.75, 3.05) is 0 Å². The summed E-state index contributed by atoms with van der Waals surface area (Å²) in [5.41, 5.74) is 1.02. The van der Waals surface area contributed by atoms with E-state index in [2.05, 4.69) is 0 Å². The molecule has 0 aromatic heterocycles. The van der Waals surface area contributed by atoms with E-state index in [0.717, 1.165) is 5.56 Å². The molecule has 1 N–H and O–H groups in total. The molecule has 0 radical (unpaired) electrons. The number of benzene rings is 1. The third-order valence-electron chi connectivity index (χ3n) is 2.00. The Morgan fingerprint density at radius 1 is 1.36 bits per heavy atom. The third kappa shape index (κ3) is 3.04. The van der Waals surface area contributed by atoms with E-state index >= 15 is 0 Å². The Hall–Kier alpha value is -1.59. The zero-order valence-electron chi connectivity index (χ0n) is 8.09. The van der Waals surface area contributed by atoms with Crippen molar-refractivity contribution < 1.29 is 5.11 Å². The standard InChI is InChI=1S/C12H13NO/c1-10(9-13)12(14)8-7-11-5-3-2-4-6-11/h2-8,10,12,14H,1H3/b8-7+/t10-,12-/m0/s1. The van der Waals surface area contributed by atoms with Crippen LogP contribution in [0, 0.1) is 17.2 Å². The number of hydrogen-bond donors (Lipinski definition) is 1. The maximum absolute atomic E-state index is 9.47. The van der Waals surface area contributed by atoms with Crippen molar-refractivity contribution >= 4 is 6.08 Å². The molecule has 0 unspecified atom stereocenters. The van der Waals surface area contributed by atoms with Crippen LogP contribution in [0.15, 0.2) is 36.4 Å². The molecular formula is C12H13NO. The molecule has 2 heteroatoms. The van der Waals surface area contributed by atoms with Gasteiger partial charge in [0.15, 0.2) is 0 Å². The van der Waals surface area contributed by atoms with Crippen LogP contribution in [0.2, 0.25) is 0 Å². The maximum Gasteiger partial charge on any atom is 0.0879 e. The van der Waals surface area contributed by atoms with Gasteiger partial charge in [-0.25, -0.2) is 0 Å². The van der Waals surface area contributed by atoms with Gasteiger partial charge in [-0.2, -0.15) is 5.26 Å². The summed E-state index contributed by atoms with van der Waals surface area (Å²) in [6.45, 7) is 1.69. The second kappa shape index (κ2) is 5.21. The topological polar surface area (TPSA) is 44.0 Å². The Labute approximate surface area is 84.1 Å². The smallest absolute Gasteiger partial charge is 0.0879 e. The van der Waals surface area contributed by atoms with Gasteiger partial charge in [-0.05, 0) is 12.5 Å². The van der Waals surface area contributed by atoms with Crippen LogP contribution < -0.4 is 0 Å². The molecule has 1 aromatic carbocycles. The van der Waals surface area contributed by atoms with E-state index in [1.54, 1.807) is 13.0 Å². The van der Waals surface area contributed by atoms with Gasteiger partial charge in [-0.3, -0.25) is 0 Å². The maximum atomic E-state index is 9.47. The fourth-order valence-corrected chi connectivity index (χ4v) is 1.02. The first-order valence-corrected chi connectivity index (χ1v) is 4.55. The molecular weight excluding hydrogens is 174 g/mol. The summed E-state index contributed by atoms with van der Waals surface area (Å²) in [5.74, 6) is -0.366. The number of aliphatic hydroxyl groups excluding tert-OH is 1. The zero-order chi connectivity index (χ0) is 10.4. The number of aliphatic hydroxyl groups is 1. The summed E-state index contributed by atoms with van der Waals surface area (Å²) in [5, 5.41) is 18.0. The first-order chi connectivity index (χ1) is 6.74. The van der Waals surface area contributed by atoms with Gasteiger partial charge in [0, 0.05) is 0 Å². The fourth-order valence-electron chi connectivity index (χ4n) is 1.02. The highest BCUT2D eigenvalue weighted by Crippen LogP contribution is 2.06. The first kappa shape index (κ1) is 10.5. The van der Waals surface area contributed by atoms with E-state index < -0.39 is 6.10 Å². The Morgan fingerprint density at radius 2 is 2.00 bits per heavy atom. The summed E-state index contributed by atoms with van der Waals surface area (Å²) in [4.78, 5) is 0. The first-order valence-electron chi connectivity index (χ1n) is 4.55. The quantitative estimate of drug-likeness (QED) is 0.788. The highest BCUT2D eigenvalue weighted by molar-refractivity contribution is 5.49. The Morgan fingerprint density at radius 3 is 2.57 bits per heavy atom. The van der Waals surface area contributed by atoms with Gasteiger partial charge in [0.2, 0.25) is 0 Å². The van der Waals surface area contributed by atoms with Crippen LogP contribution in [0.4, 0.5) is 0 Å². The van der Waals surface area contributed by atoms with Gasteiger partial charge in [-0.15, -0.1) is 0 Å². The van der Waals surface area contributed by atoms with Gasteiger partial charge in [-0.1, -0.05) is 42.5 Å². The van der Waals surface area contributed by atoms with Crippen LogP contribution in [-0.2, 0) is 0 Å². The Balaban J connectivity index is 2.61. The highest BCUT2D eigenvalue weighted by atomic mass is 16.3. The molecule has 1 aromatic rings. The molecule has 72 valence electrons. The summed E-state index contributed by atoms with van der Waals surface area (Å²) in [7, 11) is 0. The van der Waals surface area contributed by atoms with Crippen molar-refractivity contribution in [1.29, 1.82) is 5.26 Å². The second-order valence-electron chi connectivity index (χ2n) is 3.18. The molecule has 2 nitrogen and oxygen atoms in total. The summed E-state index contributed by atoms with van der Waals surface area (Å²) < 4.78 is 0. The number of hydrogen-bond acceptors (Lipinski definition) is 2. The zero-order valence-corrected chi connectivity index (χ0v) is 8.09. The molecule has 0 bridgehead atoms. The molecule has 0 amide bonds. The Bertz CT molecular complexity index is 337. The third-order valence-corrected chi connectivity index (χ3v) is 2.00. The average Bonchev–Trinajstić information content (AvgIpc) is 2.26. The van der Waals surface area contributed by atoms with Gasteiger partial charge >= 0.3 is 0 Å². The van der Waals surface area contributed by atoms with E-state index in [4.69, 9.17) is 5.26 Å². The van der Waals surface area contributed by atoms with E-state index in [9.17, 15) is 5.11 Å². The predicted molar refractivity (Wildman–Crippen MR) is 56.3 cm³/mol. The lowest BCUT2D eigenvalue weighted by molar-refractivity contribution is 0.189. The molecule has 2 atom stereocenters. The van der Waals surface area contributed by atoms with E-state index in [1.165, 1.54) is 0 Å². The minimum Gasteiger partial charge on any atom is -0.388 e. The minimum absolute atomic E-state index is 0.366. The second-order valence-corrected chi connectivity index (χ2v) is 3.18. The van der Waals surface area contributed by atoms with Crippen molar-refractivity contribution in [2.24, 2.45) is 5.92 Å². The largest absolute Gasteiger partial charge is 0.388 e. The summed E-state index contributed by atoms with van der Waals surface area (Å²) in [6, 6.07) is 11.7. The van der Waals surface area contributed by atoms with E-state index in [1.807, 2.05) is 42.5 Å². The molecule has 1 rings (SSSR count). The van der Waals surface area contributed by atoms with Crippen LogP contribution in [0.3, 0.4) is 0 Å². The average molecular weight is 187 g/mol. The Kier molecular flexibility index (Phi) is 3.90. The lowest BCUT2D eigenvalue weighted by atomic mass is 10.1. The van der Waals surface area contributed by atoms with Crippen molar-refractivity contribution in [3.05, 3.63) is 42.0 Å². The molecule has 0 aliphatic carbocycles. The monoisotopic (exact) mass is 187 g/mol. The number of nitrogens with zero attached hydrogens (tertiary/aromatic N) is 1. The van der Waals surface area contributed by atoms with Crippen molar-refractivity contribution in [3.8, 4) is 6.07 Å². The van der Waals surface area contributed by atoms with Crippen LogP contribution >= 0.6 is 0 Å². The van der Waals surface area contributed by atoms with Crippen LogP contribution in [0.1, 0.15) is 12.5 Å². The van der Waals surface area contributed by atoms with Crippen molar-refractivity contribution in [3.63, 3.8) is 0 Å². The van der Waals surface area contributed by atoms with E-state index in [0.29, 0.717) is 0 Å². The highest BCUT2D eigenvalue weighted by Gasteiger charge is 2.08. The summed E-state index contributed by atoms with van der Waals surface area (Å²) in [6.07, 6.45) is 2.77.